The summed E-state index contributed by atoms with van der Waals surface area (Å²) in [4.78, 5) is 17.3. The highest BCUT2D eigenvalue weighted by Crippen LogP contribution is 2.27. The summed E-state index contributed by atoms with van der Waals surface area (Å²) in [6, 6.07) is 0. The summed E-state index contributed by atoms with van der Waals surface area (Å²) in [5, 5.41) is 6.37. The van der Waals surface area contributed by atoms with Crippen molar-refractivity contribution in [2.24, 2.45) is 5.92 Å². The molecule has 7 heteroatoms. The second-order valence-corrected chi connectivity index (χ2v) is 7.04. The number of rotatable bonds is 4. The Kier molecular flexibility index (Phi) is 8.78. The lowest BCUT2D eigenvalue weighted by atomic mass is 9.91. The van der Waals surface area contributed by atoms with E-state index in [9.17, 15) is 4.79 Å². The van der Waals surface area contributed by atoms with E-state index in [4.69, 9.17) is 0 Å². The fraction of sp³-hybridized carbons (Fsp3) is 0.714. The molecule has 1 amide bonds. The summed E-state index contributed by atoms with van der Waals surface area (Å²) in [7, 11) is 0. The normalized spacial score (nSPS) is 17.8. The largest absolute Gasteiger partial charge is 0.351 e. The minimum Gasteiger partial charge on any atom is -0.351 e. The van der Waals surface area contributed by atoms with Crippen molar-refractivity contribution in [3.63, 3.8) is 0 Å². The van der Waals surface area contributed by atoms with E-state index in [1.54, 1.807) is 5.51 Å². The van der Waals surface area contributed by atoms with E-state index < -0.39 is 0 Å². The highest BCUT2D eigenvalue weighted by molar-refractivity contribution is 7.11. The lowest BCUT2D eigenvalue weighted by Gasteiger charge is -2.17. The van der Waals surface area contributed by atoms with Crippen molar-refractivity contribution in [1.82, 2.24) is 15.6 Å². The van der Waals surface area contributed by atoms with Gasteiger partial charge in [0.25, 0.3) is 5.91 Å². The van der Waals surface area contributed by atoms with Gasteiger partial charge in [0.2, 0.25) is 0 Å². The number of halogens is 2. The third-order valence-electron chi connectivity index (χ3n) is 3.48. The van der Waals surface area contributed by atoms with Crippen LogP contribution in [-0.4, -0.2) is 30.5 Å². The molecule has 0 aliphatic carbocycles. The molecule has 1 aromatic heterocycles. The average Bonchev–Trinajstić information content (AvgIpc) is 2.98. The van der Waals surface area contributed by atoms with Gasteiger partial charge in [-0.05, 0) is 31.8 Å². The topological polar surface area (TPSA) is 54.0 Å². The first-order valence-electron chi connectivity index (χ1n) is 6.91. The number of hydrogen-bond acceptors (Lipinski definition) is 4. The van der Waals surface area contributed by atoms with Crippen LogP contribution in [0.1, 0.15) is 49.0 Å². The van der Waals surface area contributed by atoms with E-state index >= 15 is 0 Å². The molecule has 21 heavy (non-hydrogen) atoms. The Bertz CT molecular complexity index is 440. The molecule has 1 aliphatic heterocycles. The quantitative estimate of drug-likeness (QED) is 0.874. The molecule has 1 fully saturated rings. The highest BCUT2D eigenvalue weighted by Gasteiger charge is 2.24. The summed E-state index contributed by atoms with van der Waals surface area (Å²) in [6.07, 6.45) is 2.28. The molecule has 122 valence electrons. The van der Waals surface area contributed by atoms with E-state index in [0.717, 1.165) is 36.6 Å². The summed E-state index contributed by atoms with van der Waals surface area (Å²) >= 11 is 1.43. The zero-order chi connectivity index (χ0) is 13.9. The minimum absolute atomic E-state index is 0. The Labute approximate surface area is 143 Å². The van der Waals surface area contributed by atoms with E-state index in [0.29, 0.717) is 5.92 Å². The maximum absolute atomic E-state index is 12.2. The maximum atomic E-state index is 12.2. The van der Waals surface area contributed by atoms with Gasteiger partial charge in [-0.1, -0.05) is 20.8 Å². The van der Waals surface area contributed by atoms with E-state index in [-0.39, 0.29) is 36.1 Å². The van der Waals surface area contributed by atoms with Gasteiger partial charge in [0, 0.05) is 12.0 Å². The molecule has 1 atom stereocenters. The molecular formula is C14H25Cl2N3OS. The molecule has 1 unspecified atom stereocenters. The van der Waals surface area contributed by atoms with Crippen LogP contribution in [0.4, 0.5) is 0 Å². The standard InChI is InChI=1S/C14H23N3OS.2ClH/c1-14(2,3)12-11(19-9-17-12)13(18)16-7-5-10-4-6-15-8-10;;/h9-10,15H,4-8H2,1-3H3,(H,16,18);2*1H. The third-order valence-corrected chi connectivity index (χ3v) is 4.31. The first-order valence-corrected chi connectivity index (χ1v) is 7.79. The van der Waals surface area contributed by atoms with Crippen LogP contribution in [0.5, 0.6) is 0 Å². The van der Waals surface area contributed by atoms with Crippen LogP contribution >= 0.6 is 36.2 Å². The van der Waals surface area contributed by atoms with Gasteiger partial charge in [-0.3, -0.25) is 4.79 Å². The second kappa shape index (κ2) is 8.93. The zero-order valence-electron chi connectivity index (χ0n) is 12.8. The van der Waals surface area contributed by atoms with E-state index in [1.165, 1.54) is 17.8 Å². The summed E-state index contributed by atoms with van der Waals surface area (Å²) in [6.45, 7) is 9.22. The minimum atomic E-state index is -0.0813. The molecule has 1 saturated heterocycles. The van der Waals surface area contributed by atoms with Crippen molar-refractivity contribution in [1.29, 1.82) is 0 Å². The van der Waals surface area contributed by atoms with Gasteiger partial charge in [-0.25, -0.2) is 4.98 Å². The van der Waals surface area contributed by atoms with Gasteiger partial charge < -0.3 is 10.6 Å². The van der Waals surface area contributed by atoms with Crippen LogP contribution in [0.3, 0.4) is 0 Å². The molecule has 1 aliphatic rings. The lowest BCUT2D eigenvalue weighted by molar-refractivity contribution is 0.0953. The SMILES string of the molecule is CC(C)(C)c1ncsc1C(=O)NCCC1CCNC1.Cl.Cl. The maximum Gasteiger partial charge on any atom is 0.263 e. The van der Waals surface area contributed by atoms with Gasteiger partial charge in [0.05, 0.1) is 11.2 Å². The molecule has 0 aromatic carbocycles. The van der Waals surface area contributed by atoms with Gasteiger partial charge in [-0.2, -0.15) is 0 Å². The Hall–Kier alpha value is -0.360. The van der Waals surface area contributed by atoms with Crippen molar-refractivity contribution in [3.8, 4) is 0 Å². The molecule has 0 spiro atoms. The molecule has 0 bridgehead atoms. The molecular weight excluding hydrogens is 329 g/mol. The number of nitrogens with one attached hydrogen (secondary N) is 2. The van der Waals surface area contributed by atoms with Crippen molar-refractivity contribution < 1.29 is 4.79 Å². The summed E-state index contributed by atoms with van der Waals surface area (Å²) in [5.74, 6) is 0.738. The van der Waals surface area contributed by atoms with Crippen LogP contribution in [0, 0.1) is 5.92 Å². The predicted molar refractivity (Wildman–Crippen MR) is 93.2 cm³/mol. The number of aromatic nitrogens is 1. The fourth-order valence-electron chi connectivity index (χ4n) is 2.37. The number of carbonyl (C=O) groups excluding carboxylic acids is 1. The van der Waals surface area contributed by atoms with Gasteiger partial charge >= 0.3 is 0 Å². The van der Waals surface area contributed by atoms with Gasteiger partial charge in [0.1, 0.15) is 4.88 Å². The van der Waals surface area contributed by atoms with Crippen LogP contribution < -0.4 is 10.6 Å². The smallest absolute Gasteiger partial charge is 0.263 e. The van der Waals surface area contributed by atoms with Crippen molar-refractivity contribution >= 4 is 42.1 Å². The van der Waals surface area contributed by atoms with Crippen LogP contribution in [0.2, 0.25) is 0 Å². The number of amides is 1. The van der Waals surface area contributed by atoms with Gasteiger partial charge in [-0.15, -0.1) is 36.2 Å². The highest BCUT2D eigenvalue weighted by atomic mass is 35.5. The Morgan fingerprint density at radius 3 is 2.76 bits per heavy atom. The number of nitrogens with zero attached hydrogens (tertiary/aromatic N) is 1. The molecule has 0 saturated carbocycles. The number of hydrogen-bond donors (Lipinski definition) is 2. The first kappa shape index (κ1) is 20.6. The zero-order valence-corrected chi connectivity index (χ0v) is 15.2. The van der Waals surface area contributed by atoms with Gasteiger partial charge in [0.15, 0.2) is 0 Å². The molecule has 2 heterocycles. The molecule has 4 nitrogen and oxygen atoms in total. The fourth-order valence-corrected chi connectivity index (χ4v) is 3.29. The lowest BCUT2D eigenvalue weighted by Crippen LogP contribution is -2.28. The molecule has 0 radical (unpaired) electrons. The van der Waals surface area contributed by atoms with Crippen LogP contribution in [-0.2, 0) is 5.41 Å². The molecule has 1 aromatic rings. The molecule has 2 rings (SSSR count). The Balaban J connectivity index is 0.00000200. The van der Waals surface area contributed by atoms with Crippen molar-refractivity contribution in [2.45, 2.75) is 39.0 Å². The predicted octanol–water partition coefficient (Wildman–Crippen LogP) is 3.01. The average molecular weight is 354 g/mol. The molecule has 2 N–H and O–H groups in total. The monoisotopic (exact) mass is 353 g/mol. The Morgan fingerprint density at radius 2 is 2.19 bits per heavy atom. The van der Waals surface area contributed by atoms with E-state index in [1.807, 2.05) is 0 Å². The number of carbonyl (C=O) groups is 1. The van der Waals surface area contributed by atoms with Crippen LogP contribution in [0.25, 0.3) is 0 Å². The van der Waals surface area contributed by atoms with E-state index in [2.05, 4.69) is 36.4 Å². The first-order chi connectivity index (χ1) is 8.98. The second-order valence-electron chi connectivity index (χ2n) is 6.18. The Morgan fingerprint density at radius 1 is 1.48 bits per heavy atom. The van der Waals surface area contributed by atoms with Crippen LogP contribution in [0.15, 0.2) is 5.51 Å². The summed E-state index contributed by atoms with van der Waals surface area (Å²) in [5.41, 5.74) is 2.58. The third kappa shape index (κ3) is 5.74. The number of thiazole rings is 1. The van der Waals surface area contributed by atoms with Crippen molar-refractivity contribution in [2.75, 3.05) is 19.6 Å². The van der Waals surface area contributed by atoms with Crippen molar-refractivity contribution in [3.05, 3.63) is 16.1 Å². The summed E-state index contributed by atoms with van der Waals surface area (Å²) < 4.78 is 0.